The third-order valence-electron chi connectivity index (χ3n) is 9.76. The summed E-state index contributed by atoms with van der Waals surface area (Å²) in [6, 6.07) is 41.4. The van der Waals surface area contributed by atoms with Crippen molar-refractivity contribution in [2.24, 2.45) is 0 Å². The van der Waals surface area contributed by atoms with Crippen molar-refractivity contribution in [1.29, 1.82) is 0 Å². The summed E-state index contributed by atoms with van der Waals surface area (Å²) in [7, 11) is 0. The van der Waals surface area contributed by atoms with Crippen molar-refractivity contribution in [3.05, 3.63) is 166 Å². The van der Waals surface area contributed by atoms with E-state index in [-0.39, 0.29) is 5.41 Å². The summed E-state index contributed by atoms with van der Waals surface area (Å²) in [5, 5.41) is 4.87. The molecule has 216 valence electrons. The minimum absolute atomic E-state index is 0.353. The van der Waals surface area contributed by atoms with E-state index in [4.69, 9.17) is 6.42 Å². The third-order valence-corrected chi connectivity index (χ3v) is 9.76. The van der Waals surface area contributed by atoms with Crippen molar-refractivity contribution in [3.63, 3.8) is 0 Å². The molecule has 0 heterocycles. The van der Waals surface area contributed by atoms with E-state index >= 15 is 0 Å². The lowest BCUT2D eigenvalue weighted by molar-refractivity contribution is 0.632. The van der Waals surface area contributed by atoms with Crippen molar-refractivity contribution in [1.82, 2.24) is 0 Å². The van der Waals surface area contributed by atoms with Gasteiger partial charge in [-0.25, -0.2) is 0 Å². The molecule has 6 aromatic carbocycles. The van der Waals surface area contributed by atoms with Gasteiger partial charge >= 0.3 is 0 Å². The molecule has 7 rings (SSSR count). The minimum Gasteiger partial charge on any atom is -0.115 e. The molecule has 0 aliphatic heterocycles. The van der Waals surface area contributed by atoms with Gasteiger partial charge in [0, 0.05) is 27.7 Å². The van der Waals surface area contributed by atoms with E-state index in [2.05, 4.69) is 168 Å². The second-order valence-electron chi connectivity index (χ2n) is 12.7. The van der Waals surface area contributed by atoms with Crippen LogP contribution in [0.4, 0.5) is 0 Å². The van der Waals surface area contributed by atoms with Crippen LogP contribution in [0.25, 0.3) is 49.4 Å². The zero-order valence-electron chi connectivity index (χ0n) is 26.6. The summed E-state index contributed by atoms with van der Waals surface area (Å²) in [5.74, 6) is 3.04. The smallest absolute Gasteiger partial charge is 0.0373 e. The Morgan fingerprint density at radius 3 is 1.73 bits per heavy atom. The monoisotopic (exact) mass is 576 g/mol. The molecule has 1 aliphatic rings. The molecule has 6 aromatic rings. The molecule has 0 unspecified atom stereocenters. The fourth-order valence-electron chi connectivity index (χ4n) is 7.33. The maximum absolute atomic E-state index is 6.26. The van der Waals surface area contributed by atoms with Gasteiger partial charge in [-0.05, 0) is 92.9 Å². The van der Waals surface area contributed by atoms with E-state index in [1.165, 1.54) is 71.6 Å². The molecule has 0 atom stereocenters. The topological polar surface area (TPSA) is 0 Å². The highest BCUT2D eigenvalue weighted by Gasteiger charge is 2.33. The Hall–Kier alpha value is -5.34. The molecule has 0 heteroatoms. The Morgan fingerprint density at radius 1 is 0.578 bits per heavy atom. The first kappa shape index (κ1) is 28.4. The van der Waals surface area contributed by atoms with Crippen molar-refractivity contribution in [2.75, 3.05) is 0 Å². The average Bonchev–Trinajstić information content (AvgIpc) is 3.50. The average molecular weight is 577 g/mol. The number of hydrogen-bond donors (Lipinski definition) is 0. The Kier molecular flexibility index (Phi) is 6.94. The second-order valence-corrected chi connectivity index (χ2v) is 12.7. The molecule has 0 aromatic heterocycles. The minimum atomic E-state index is -0.353. The first-order valence-electron chi connectivity index (χ1n) is 15.7. The standard InChI is InChI=1S/C45H36/c1-7-32-27-34(28-42(32)45(5,6)41-26-25-36(30(3)31(41)4)35-20-12-11-17-29(35)2)44-39-23-15-13-21-37(39)43(33-18-9-8-10-19-33)38-22-14-16-24-40(38)44/h1,8-27H,2-6H3. The van der Waals surface area contributed by atoms with Gasteiger partial charge in [-0.15, -0.1) is 12.2 Å². The normalized spacial score (nSPS) is 13.0. The Bertz CT molecular complexity index is 2230. The van der Waals surface area contributed by atoms with Crippen molar-refractivity contribution >= 4 is 27.1 Å². The molecule has 0 radical (unpaired) electrons. The van der Waals surface area contributed by atoms with Crippen molar-refractivity contribution < 1.29 is 0 Å². The van der Waals surface area contributed by atoms with Gasteiger partial charge in [-0.1, -0.05) is 135 Å². The Labute approximate surface area is 267 Å². The maximum atomic E-state index is 6.26. The Morgan fingerprint density at radius 2 is 1.13 bits per heavy atom. The summed E-state index contributed by atoms with van der Waals surface area (Å²) >= 11 is 0. The van der Waals surface area contributed by atoms with Gasteiger partial charge in [0.15, 0.2) is 0 Å². The second kappa shape index (κ2) is 11.0. The molecule has 45 heavy (non-hydrogen) atoms. The highest BCUT2D eigenvalue weighted by atomic mass is 14.3. The van der Waals surface area contributed by atoms with Crippen LogP contribution in [-0.2, 0) is 5.41 Å². The van der Waals surface area contributed by atoms with Gasteiger partial charge in [-0.2, -0.15) is 0 Å². The fourth-order valence-corrected chi connectivity index (χ4v) is 7.33. The first-order valence-corrected chi connectivity index (χ1v) is 15.7. The van der Waals surface area contributed by atoms with Gasteiger partial charge < -0.3 is 0 Å². The molecule has 0 N–H and O–H groups in total. The molecular weight excluding hydrogens is 540 g/mol. The lowest BCUT2D eigenvalue weighted by Crippen LogP contribution is -2.22. The summed E-state index contributed by atoms with van der Waals surface area (Å²) in [4.78, 5) is 0. The van der Waals surface area contributed by atoms with E-state index < -0.39 is 0 Å². The number of fused-ring (bicyclic) bond motifs is 2. The largest absolute Gasteiger partial charge is 0.115 e. The van der Waals surface area contributed by atoms with E-state index in [1.54, 1.807) is 0 Å². The van der Waals surface area contributed by atoms with Gasteiger partial charge in [0.25, 0.3) is 0 Å². The molecular formula is C45H36. The highest BCUT2D eigenvalue weighted by molar-refractivity contribution is 6.19. The Balaban J connectivity index is 1.47. The van der Waals surface area contributed by atoms with Crippen molar-refractivity contribution in [3.8, 4) is 34.6 Å². The number of allylic oxidation sites excluding steroid dienone is 3. The molecule has 0 bridgehead atoms. The van der Waals surface area contributed by atoms with Gasteiger partial charge in [-0.3, -0.25) is 0 Å². The van der Waals surface area contributed by atoms with E-state index in [1.807, 2.05) is 0 Å². The lowest BCUT2D eigenvalue weighted by atomic mass is 9.72. The summed E-state index contributed by atoms with van der Waals surface area (Å²) in [5.41, 5.74) is 17.9. The SMILES string of the molecule is C#CC1=CC(c2c3ccccc3c(-c3ccccc3)c3ccccc23)=C=C1C(C)(C)c1ccc(-c2ccccc2C)c(C)c1C. The first-order chi connectivity index (χ1) is 21.8. The van der Waals surface area contributed by atoms with Crippen LogP contribution in [0, 0.1) is 33.1 Å². The summed E-state index contributed by atoms with van der Waals surface area (Å²) in [6.07, 6.45) is 8.43. The zero-order valence-corrected chi connectivity index (χ0v) is 26.6. The van der Waals surface area contributed by atoms with Crippen LogP contribution in [0.5, 0.6) is 0 Å². The molecule has 0 amide bonds. The van der Waals surface area contributed by atoms with Gasteiger partial charge in [0.05, 0.1) is 0 Å². The summed E-state index contributed by atoms with van der Waals surface area (Å²) < 4.78 is 0. The number of rotatable bonds is 5. The van der Waals surface area contributed by atoms with Crippen LogP contribution < -0.4 is 0 Å². The van der Waals surface area contributed by atoms with Crippen LogP contribution in [0.2, 0.25) is 0 Å². The predicted molar refractivity (Wildman–Crippen MR) is 193 cm³/mol. The van der Waals surface area contributed by atoms with E-state index in [9.17, 15) is 0 Å². The van der Waals surface area contributed by atoms with Crippen LogP contribution in [0.15, 0.2) is 138 Å². The van der Waals surface area contributed by atoms with Crippen LogP contribution in [0.1, 0.15) is 41.7 Å². The molecule has 0 fully saturated rings. The lowest BCUT2D eigenvalue weighted by Gasteiger charge is -2.30. The zero-order chi connectivity index (χ0) is 31.3. The molecule has 0 saturated heterocycles. The van der Waals surface area contributed by atoms with Crippen LogP contribution >= 0.6 is 0 Å². The van der Waals surface area contributed by atoms with Gasteiger partial charge in [0.2, 0.25) is 0 Å². The number of aryl methyl sites for hydroxylation is 1. The quantitative estimate of drug-likeness (QED) is 0.109. The molecule has 1 aliphatic carbocycles. The van der Waals surface area contributed by atoms with Gasteiger partial charge in [0.1, 0.15) is 0 Å². The summed E-state index contributed by atoms with van der Waals surface area (Å²) in [6.45, 7) is 11.2. The van der Waals surface area contributed by atoms with E-state index in [0.29, 0.717) is 0 Å². The highest BCUT2D eigenvalue weighted by Crippen LogP contribution is 2.46. The fraction of sp³-hybridized carbons (Fsp3) is 0.133. The third kappa shape index (κ3) is 4.57. The van der Waals surface area contributed by atoms with Crippen molar-refractivity contribution in [2.45, 2.75) is 40.0 Å². The number of benzene rings is 6. The number of hydrogen-bond acceptors (Lipinski definition) is 0. The van der Waals surface area contributed by atoms with Crippen LogP contribution in [-0.4, -0.2) is 0 Å². The predicted octanol–water partition coefficient (Wildman–Crippen LogP) is 11.7. The molecule has 0 spiro atoms. The molecule has 0 nitrogen and oxygen atoms in total. The van der Waals surface area contributed by atoms with E-state index in [0.717, 1.165) is 16.7 Å². The van der Waals surface area contributed by atoms with Crippen LogP contribution in [0.3, 0.4) is 0 Å². The number of terminal acetylenes is 1. The maximum Gasteiger partial charge on any atom is 0.0373 e. The molecule has 0 saturated carbocycles.